The standard InChI is InChI=1S/C14H17BrN2/c1-13(2)11(14(13,3)4)12-16-9-6-5-8(15)7-10(9)17-12/h5-7,11H,1-4H3,(H,16,17). The maximum Gasteiger partial charge on any atom is 0.111 e. The number of benzene rings is 1. The van der Waals surface area contributed by atoms with Gasteiger partial charge in [0.15, 0.2) is 0 Å². The van der Waals surface area contributed by atoms with E-state index in [-0.39, 0.29) is 0 Å². The lowest BCUT2D eigenvalue weighted by Crippen LogP contribution is -1.95. The Morgan fingerprint density at radius 1 is 1.18 bits per heavy atom. The SMILES string of the molecule is CC1(C)C(c2nc3ccc(Br)cc3[nH]2)C1(C)C. The highest BCUT2D eigenvalue weighted by Crippen LogP contribution is 2.73. The largest absolute Gasteiger partial charge is 0.342 e. The monoisotopic (exact) mass is 292 g/mol. The average molecular weight is 293 g/mol. The lowest BCUT2D eigenvalue weighted by atomic mass is 10.0. The minimum Gasteiger partial charge on any atom is -0.342 e. The normalized spacial score (nSPS) is 21.9. The Balaban J connectivity index is 2.09. The van der Waals surface area contributed by atoms with Crippen molar-refractivity contribution in [1.82, 2.24) is 9.97 Å². The molecule has 0 aliphatic heterocycles. The zero-order valence-electron chi connectivity index (χ0n) is 10.6. The summed E-state index contributed by atoms with van der Waals surface area (Å²) in [6.45, 7) is 9.28. The van der Waals surface area contributed by atoms with Crippen molar-refractivity contribution in [2.75, 3.05) is 0 Å². The van der Waals surface area contributed by atoms with Crippen LogP contribution in [0.2, 0.25) is 0 Å². The van der Waals surface area contributed by atoms with E-state index < -0.39 is 0 Å². The van der Waals surface area contributed by atoms with Gasteiger partial charge in [0.25, 0.3) is 0 Å². The molecular weight excluding hydrogens is 276 g/mol. The van der Waals surface area contributed by atoms with Crippen molar-refractivity contribution in [3.63, 3.8) is 0 Å². The maximum atomic E-state index is 4.73. The van der Waals surface area contributed by atoms with E-state index in [1.807, 2.05) is 6.07 Å². The van der Waals surface area contributed by atoms with Gasteiger partial charge in [0, 0.05) is 10.4 Å². The fraction of sp³-hybridized carbons (Fsp3) is 0.500. The van der Waals surface area contributed by atoms with Gasteiger partial charge in [0.2, 0.25) is 0 Å². The number of H-pyrrole nitrogens is 1. The molecule has 1 fully saturated rings. The van der Waals surface area contributed by atoms with Crippen LogP contribution in [0.5, 0.6) is 0 Å². The lowest BCUT2D eigenvalue weighted by molar-refractivity contribution is 0.457. The number of imidazole rings is 1. The molecule has 2 nitrogen and oxygen atoms in total. The summed E-state index contributed by atoms with van der Waals surface area (Å²) in [7, 11) is 0. The molecule has 0 saturated heterocycles. The summed E-state index contributed by atoms with van der Waals surface area (Å²) in [5.74, 6) is 1.66. The van der Waals surface area contributed by atoms with Crippen LogP contribution >= 0.6 is 15.9 Å². The van der Waals surface area contributed by atoms with E-state index in [2.05, 4.69) is 60.7 Å². The summed E-state index contributed by atoms with van der Waals surface area (Å²) < 4.78 is 1.09. The van der Waals surface area contributed by atoms with Crippen LogP contribution in [0.4, 0.5) is 0 Å². The Morgan fingerprint density at radius 3 is 2.41 bits per heavy atom. The fourth-order valence-corrected chi connectivity index (χ4v) is 3.38. The minimum absolute atomic E-state index is 0.331. The van der Waals surface area contributed by atoms with Crippen molar-refractivity contribution in [2.24, 2.45) is 10.8 Å². The molecule has 1 aromatic carbocycles. The van der Waals surface area contributed by atoms with Crippen molar-refractivity contribution >= 4 is 27.0 Å². The predicted molar refractivity (Wildman–Crippen MR) is 74.1 cm³/mol. The summed E-state index contributed by atoms with van der Waals surface area (Å²) in [6.07, 6.45) is 0. The number of hydrogen-bond acceptors (Lipinski definition) is 1. The summed E-state index contributed by atoms with van der Waals surface area (Å²) in [5, 5.41) is 0. The molecule has 1 aliphatic carbocycles. The van der Waals surface area contributed by atoms with Crippen molar-refractivity contribution in [1.29, 1.82) is 0 Å². The highest BCUT2D eigenvalue weighted by Gasteiger charge is 2.66. The van der Waals surface area contributed by atoms with Crippen molar-refractivity contribution in [3.05, 3.63) is 28.5 Å². The summed E-state index contributed by atoms with van der Waals surface area (Å²) in [5.41, 5.74) is 2.84. The zero-order valence-corrected chi connectivity index (χ0v) is 12.2. The average Bonchev–Trinajstić information content (AvgIpc) is 2.56. The van der Waals surface area contributed by atoms with Gasteiger partial charge < -0.3 is 4.98 Å². The van der Waals surface area contributed by atoms with Crippen molar-refractivity contribution in [3.8, 4) is 0 Å². The van der Waals surface area contributed by atoms with E-state index >= 15 is 0 Å². The van der Waals surface area contributed by atoms with Gasteiger partial charge in [0.05, 0.1) is 11.0 Å². The van der Waals surface area contributed by atoms with Gasteiger partial charge in [-0.1, -0.05) is 43.6 Å². The van der Waals surface area contributed by atoms with Crippen LogP contribution in [0.3, 0.4) is 0 Å². The molecule has 1 N–H and O–H groups in total. The fourth-order valence-electron chi connectivity index (χ4n) is 3.02. The molecule has 0 spiro atoms. The van der Waals surface area contributed by atoms with E-state index in [1.165, 1.54) is 0 Å². The van der Waals surface area contributed by atoms with E-state index in [1.54, 1.807) is 0 Å². The Morgan fingerprint density at radius 2 is 1.82 bits per heavy atom. The molecule has 1 aromatic heterocycles. The second kappa shape index (κ2) is 3.14. The molecule has 3 heteroatoms. The maximum absolute atomic E-state index is 4.73. The van der Waals surface area contributed by atoms with Crippen LogP contribution in [0.15, 0.2) is 22.7 Å². The lowest BCUT2D eigenvalue weighted by Gasteiger charge is -2.03. The number of nitrogens with zero attached hydrogens (tertiary/aromatic N) is 1. The molecule has 0 amide bonds. The molecule has 0 atom stereocenters. The Bertz CT molecular complexity index is 581. The van der Waals surface area contributed by atoms with Gasteiger partial charge in [0.1, 0.15) is 5.82 Å². The molecular formula is C14H17BrN2. The second-order valence-corrected chi connectivity index (χ2v) is 7.08. The molecule has 1 aliphatic rings. The van der Waals surface area contributed by atoms with E-state index in [9.17, 15) is 0 Å². The molecule has 17 heavy (non-hydrogen) atoms. The topological polar surface area (TPSA) is 28.7 Å². The highest BCUT2D eigenvalue weighted by atomic mass is 79.9. The first-order valence-corrected chi connectivity index (χ1v) is 6.78. The summed E-state index contributed by atoms with van der Waals surface area (Å²) in [6, 6.07) is 6.19. The number of rotatable bonds is 1. The van der Waals surface area contributed by atoms with Crippen LogP contribution in [0.1, 0.15) is 39.4 Å². The van der Waals surface area contributed by atoms with Crippen LogP contribution in [-0.2, 0) is 0 Å². The first kappa shape index (κ1) is 11.3. The molecule has 0 unspecified atom stereocenters. The van der Waals surface area contributed by atoms with E-state index in [4.69, 9.17) is 4.98 Å². The molecule has 1 saturated carbocycles. The van der Waals surface area contributed by atoms with E-state index in [0.717, 1.165) is 21.3 Å². The molecule has 0 radical (unpaired) electrons. The van der Waals surface area contributed by atoms with Gasteiger partial charge in [-0.3, -0.25) is 0 Å². The molecule has 90 valence electrons. The van der Waals surface area contributed by atoms with Gasteiger partial charge in [-0.25, -0.2) is 4.98 Å². The van der Waals surface area contributed by atoms with Gasteiger partial charge >= 0.3 is 0 Å². The highest BCUT2D eigenvalue weighted by molar-refractivity contribution is 9.10. The van der Waals surface area contributed by atoms with Crippen LogP contribution in [-0.4, -0.2) is 9.97 Å². The van der Waals surface area contributed by atoms with Gasteiger partial charge in [-0.2, -0.15) is 0 Å². The molecule has 3 rings (SSSR count). The quantitative estimate of drug-likeness (QED) is 0.825. The van der Waals surface area contributed by atoms with Crippen LogP contribution < -0.4 is 0 Å². The first-order chi connectivity index (χ1) is 7.84. The van der Waals surface area contributed by atoms with E-state index in [0.29, 0.717) is 16.7 Å². The number of aromatic nitrogens is 2. The number of aromatic amines is 1. The molecule has 0 bridgehead atoms. The predicted octanol–water partition coefficient (Wildman–Crippen LogP) is 4.48. The zero-order chi connectivity index (χ0) is 12.4. The Kier molecular flexibility index (Phi) is 2.08. The first-order valence-electron chi connectivity index (χ1n) is 5.99. The molecule has 1 heterocycles. The molecule has 2 aromatic rings. The minimum atomic E-state index is 0.331. The van der Waals surface area contributed by atoms with Crippen LogP contribution in [0, 0.1) is 10.8 Å². The third-order valence-electron chi connectivity index (χ3n) is 4.76. The Hall–Kier alpha value is -0.830. The Labute approximate surface area is 110 Å². The summed E-state index contributed by atoms with van der Waals surface area (Å²) in [4.78, 5) is 8.20. The third-order valence-corrected chi connectivity index (χ3v) is 5.25. The number of nitrogens with one attached hydrogen (secondary N) is 1. The smallest absolute Gasteiger partial charge is 0.111 e. The number of hydrogen-bond donors (Lipinski definition) is 1. The second-order valence-electron chi connectivity index (χ2n) is 6.16. The summed E-state index contributed by atoms with van der Waals surface area (Å²) >= 11 is 3.49. The van der Waals surface area contributed by atoms with Crippen molar-refractivity contribution in [2.45, 2.75) is 33.6 Å². The number of halogens is 1. The number of fused-ring (bicyclic) bond motifs is 1. The van der Waals surface area contributed by atoms with Gasteiger partial charge in [-0.05, 0) is 29.0 Å². The van der Waals surface area contributed by atoms with Gasteiger partial charge in [-0.15, -0.1) is 0 Å². The van der Waals surface area contributed by atoms with Crippen molar-refractivity contribution < 1.29 is 0 Å². The van der Waals surface area contributed by atoms with Crippen LogP contribution in [0.25, 0.3) is 11.0 Å². The third kappa shape index (κ3) is 1.41.